The molecule has 0 fully saturated rings. The van der Waals surface area contributed by atoms with Gasteiger partial charge in [0, 0.05) is 12.6 Å². The van der Waals surface area contributed by atoms with Crippen LogP contribution in [0.5, 0.6) is 5.75 Å². The van der Waals surface area contributed by atoms with Crippen LogP contribution in [0.4, 0.5) is 5.69 Å². The number of aromatic hydroxyl groups is 1. The Hall–Kier alpha value is -1.67. The lowest BCUT2D eigenvalue weighted by Crippen LogP contribution is -2.33. The number of phenolic OH excluding ortho intramolecular Hbond substituents is 1. The van der Waals surface area contributed by atoms with E-state index in [4.69, 9.17) is 0 Å². The lowest BCUT2D eigenvalue weighted by molar-refractivity contribution is -0.386. The number of nitrogens with zero attached hydrogens (tertiary/aromatic N) is 1. The molecule has 0 spiro atoms. The summed E-state index contributed by atoms with van der Waals surface area (Å²) in [5.74, 6) is -0.567. The molecule has 0 aliphatic heterocycles. The summed E-state index contributed by atoms with van der Waals surface area (Å²) in [6.07, 6.45) is 0.783. The van der Waals surface area contributed by atoms with Crippen molar-refractivity contribution >= 4 is 15.7 Å². The second kappa shape index (κ2) is 5.76. The van der Waals surface area contributed by atoms with Crippen molar-refractivity contribution in [3.05, 3.63) is 28.3 Å². The largest absolute Gasteiger partial charge is 0.502 e. The fourth-order valence-corrected chi connectivity index (χ4v) is 2.58. The van der Waals surface area contributed by atoms with Crippen LogP contribution < -0.4 is 4.72 Å². The third-order valence-corrected chi connectivity index (χ3v) is 4.55. The molecule has 1 aromatic carbocycles. The van der Waals surface area contributed by atoms with Crippen molar-refractivity contribution in [3.8, 4) is 5.75 Å². The van der Waals surface area contributed by atoms with E-state index in [0.717, 1.165) is 24.6 Å². The van der Waals surface area contributed by atoms with Gasteiger partial charge in [-0.1, -0.05) is 20.8 Å². The molecule has 0 heterocycles. The number of rotatable bonds is 6. The maximum absolute atomic E-state index is 12.1. The van der Waals surface area contributed by atoms with Gasteiger partial charge < -0.3 is 5.11 Å². The summed E-state index contributed by atoms with van der Waals surface area (Å²) >= 11 is 0. The minimum atomic E-state index is -3.84. The van der Waals surface area contributed by atoms with Crippen molar-refractivity contribution in [2.24, 2.45) is 5.41 Å². The Bertz CT molecular complexity index is 610. The van der Waals surface area contributed by atoms with Gasteiger partial charge in [0.15, 0.2) is 5.75 Å². The van der Waals surface area contributed by atoms with Crippen LogP contribution in [0.15, 0.2) is 23.1 Å². The maximum Gasteiger partial charge on any atom is 0.312 e. The van der Waals surface area contributed by atoms with E-state index in [-0.39, 0.29) is 16.9 Å². The van der Waals surface area contributed by atoms with E-state index >= 15 is 0 Å². The second-order valence-electron chi connectivity index (χ2n) is 5.25. The molecule has 0 aromatic heterocycles. The van der Waals surface area contributed by atoms with Gasteiger partial charge in [-0.3, -0.25) is 10.1 Å². The van der Waals surface area contributed by atoms with Crippen LogP contribution in [0.1, 0.15) is 27.2 Å². The van der Waals surface area contributed by atoms with Crippen molar-refractivity contribution in [1.82, 2.24) is 4.72 Å². The molecule has 0 saturated carbocycles. The zero-order valence-corrected chi connectivity index (χ0v) is 12.4. The van der Waals surface area contributed by atoms with Gasteiger partial charge in [0.2, 0.25) is 10.0 Å². The van der Waals surface area contributed by atoms with E-state index in [0.29, 0.717) is 0 Å². The molecule has 2 N–H and O–H groups in total. The van der Waals surface area contributed by atoms with Gasteiger partial charge in [-0.2, -0.15) is 0 Å². The third kappa shape index (κ3) is 3.91. The van der Waals surface area contributed by atoms with E-state index in [9.17, 15) is 23.6 Å². The fourth-order valence-electron chi connectivity index (χ4n) is 1.32. The molecule has 1 rings (SSSR count). The molecule has 0 aliphatic carbocycles. The number of phenols is 1. The molecule has 7 nitrogen and oxygen atoms in total. The highest BCUT2D eigenvalue weighted by Crippen LogP contribution is 2.28. The normalized spacial score (nSPS) is 12.3. The van der Waals surface area contributed by atoms with E-state index in [1.165, 1.54) is 0 Å². The lowest BCUT2D eigenvalue weighted by atomic mass is 9.91. The summed E-state index contributed by atoms with van der Waals surface area (Å²) in [6, 6.07) is 2.97. The van der Waals surface area contributed by atoms with Crippen molar-refractivity contribution in [3.63, 3.8) is 0 Å². The minimum Gasteiger partial charge on any atom is -0.502 e. The monoisotopic (exact) mass is 302 g/mol. The van der Waals surface area contributed by atoms with Gasteiger partial charge in [-0.05, 0) is 24.0 Å². The molecular weight excluding hydrogens is 284 g/mol. The highest BCUT2D eigenvalue weighted by atomic mass is 32.2. The molecule has 1 aromatic rings. The van der Waals surface area contributed by atoms with Gasteiger partial charge in [0.05, 0.1) is 9.82 Å². The number of benzene rings is 1. The number of nitro benzene ring substituents is 1. The second-order valence-corrected chi connectivity index (χ2v) is 7.02. The van der Waals surface area contributed by atoms with Crippen molar-refractivity contribution < 1.29 is 18.4 Å². The Morgan fingerprint density at radius 3 is 2.50 bits per heavy atom. The van der Waals surface area contributed by atoms with E-state index in [1.807, 2.05) is 20.8 Å². The summed E-state index contributed by atoms with van der Waals surface area (Å²) in [5.41, 5.74) is -0.849. The predicted octanol–water partition coefficient (Wildman–Crippen LogP) is 2.01. The van der Waals surface area contributed by atoms with Crippen LogP contribution in [0.3, 0.4) is 0 Å². The van der Waals surface area contributed by atoms with Crippen LogP contribution in [-0.2, 0) is 10.0 Å². The van der Waals surface area contributed by atoms with Gasteiger partial charge in [-0.15, -0.1) is 0 Å². The van der Waals surface area contributed by atoms with Crippen LogP contribution in [-0.4, -0.2) is 25.0 Å². The summed E-state index contributed by atoms with van der Waals surface area (Å²) in [4.78, 5) is 9.62. The van der Waals surface area contributed by atoms with Gasteiger partial charge >= 0.3 is 5.69 Å². The number of nitro groups is 1. The first-order valence-corrected chi connectivity index (χ1v) is 7.54. The van der Waals surface area contributed by atoms with Crippen LogP contribution >= 0.6 is 0 Å². The summed E-state index contributed by atoms with van der Waals surface area (Å²) < 4.78 is 26.6. The highest BCUT2D eigenvalue weighted by molar-refractivity contribution is 7.89. The number of nitrogens with one attached hydrogen (secondary N) is 1. The zero-order chi connectivity index (χ0) is 15.6. The van der Waals surface area contributed by atoms with Crippen molar-refractivity contribution in [2.75, 3.05) is 6.54 Å². The Kier molecular flexibility index (Phi) is 4.72. The maximum atomic E-state index is 12.1. The smallest absolute Gasteiger partial charge is 0.312 e. The SMILES string of the molecule is CCC(C)(C)CNS(=O)(=O)c1ccc(O)c([N+](=O)[O-])c1. The van der Waals surface area contributed by atoms with Crippen LogP contribution in [0.2, 0.25) is 0 Å². The van der Waals surface area contributed by atoms with Crippen molar-refractivity contribution in [2.45, 2.75) is 32.1 Å². The summed E-state index contributed by atoms with van der Waals surface area (Å²) in [5, 5.41) is 20.0. The molecule has 0 atom stereocenters. The molecule has 0 unspecified atom stereocenters. The molecule has 0 aliphatic rings. The molecule has 0 amide bonds. The first-order valence-electron chi connectivity index (χ1n) is 6.06. The molecular formula is C12H18N2O5S. The first-order chi connectivity index (χ1) is 9.09. The highest BCUT2D eigenvalue weighted by Gasteiger charge is 2.23. The van der Waals surface area contributed by atoms with Gasteiger partial charge in [0.25, 0.3) is 0 Å². The average Bonchev–Trinajstić information content (AvgIpc) is 2.36. The molecule has 112 valence electrons. The Labute approximate surface area is 117 Å². The Morgan fingerprint density at radius 1 is 1.40 bits per heavy atom. The lowest BCUT2D eigenvalue weighted by Gasteiger charge is -2.22. The summed E-state index contributed by atoms with van der Waals surface area (Å²) in [6.45, 7) is 5.99. The Morgan fingerprint density at radius 2 is 2.00 bits per heavy atom. The fraction of sp³-hybridized carbons (Fsp3) is 0.500. The summed E-state index contributed by atoms with van der Waals surface area (Å²) in [7, 11) is -3.84. The van der Waals surface area contributed by atoms with Gasteiger partial charge in [-0.25, -0.2) is 13.1 Å². The molecule has 0 saturated heterocycles. The van der Waals surface area contributed by atoms with Gasteiger partial charge in [0.1, 0.15) is 0 Å². The minimum absolute atomic E-state index is 0.212. The standard InChI is InChI=1S/C12H18N2O5S/c1-4-12(2,3)8-13-20(18,19)9-5-6-11(15)10(7-9)14(16)17/h5-7,13,15H,4,8H2,1-3H3. The molecule has 0 bridgehead atoms. The van der Waals surface area contributed by atoms with Crippen LogP contribution in [0, 0.1) is 15.5 Å². The number of sulfonamides is 1. The first kappa shape index (κ1) is 16.4. The topological polar surface area (TPSA) is 110 Å². The Balaban J connectivity index is 3.05. The molecule has 8 heteroatoms. The zero-order valence-electron chi connectivity index (χ0n) is 11.6. The number of hydrogen-bond acceptors (Lipinski definition) is 5. The quantitative estimate of drug-likeness (QED) is 0.617. The van der Waals surface area contributed by atoms with Crippen molar-refractivity contribution in [1.29, 1.82) is 0 Å². The number of hydrogen-bond donors (Lipinski definition) is 2. The van der Waals surface area contributed by atoms with E-state index in [1.54, 1.807) is 0 Å². The third-order valence-electron chi connectivity index (χ3n) is 3.15. The predicted molar refractivity (Wildman–Crippen MR) is 74.0 cm³/mol. The molecule has 0 radical (unpaired) electrons. The van der Waals surface area contributed by atoms with E-state index in [2.05, 4.69) is 4.72 Å². The van der Waals surface area contributed by atoms with Crippen LogP contribution in [0.25, 0.3) is 0 Å². The average molecular weight is 302 g/mol. The van der Waals surface area contributed by atoms with E-state index < -0.39 is 26.4 Å². The molecule has 20 heavy (non-hydrogen) atoms.